The van der Waals surface area contributed by atoms with Gasteiger partial charge in [-0.05, 0) is 30.5 Å². The van der Waals surface area contributed by atoms with E-state index in [-0.39, 0.29) is 5.91 Å². The van der Waals surface area contributed by atoms with E-state index in [0.717, 1.165) is 24.2 Å². The first kappa shape index (κ1) is 18.3. The number of rotatable bonds is 7. The number of nitrogens with zero attached hydrogens (tertiary/aromatic N) is 2. The van der Waals surface area contributed by atoms with Crippen LogP contribution in [0.25, 0.3) is 0 Å². The average molecular weight is 406 g/mol. The molecule has 0 atom stereocenters. The molecule has 0 unspecified atom stereocenters. The topological polar surface area (TPSA) is 54.9 Å². The van der Waals surface area contributed by atoms with Crippen LogP contribution >= 0.6 is 46.6 Å². The first-order chi connectivity index (χ1) is 12.2. The molecule has 1 N–H and O–H groups in total. The first-order valence-corrected chi connectivity index (χ1v) is 11.2. The highest BCUT2D eigenvalue weighted by atomic mass is 32.2. The number of anilines is 1. The summed E-state index contributed by atoms with van der Waals surface area (Å²) in [6.45, 7) is 0. The summed E-state index contributed by atoms with van der Waals surface area (Å²) in [7, 11) is 0. The number of hydrogen-bond donors (Lipinski definition) is 1. The second-order valence-corrected chi connectivity index (χ2v) is 9.15. The van der Waals surface area contributed by atoms with Crippen LogP contribution < -0.4 is 5.32 Å². The molecule has 0 bridgehead atoms. The predicted octanol–water partition coefficient (Wildman–Crippen LogP) is 5.14. The van der Waals surface area contributed by atoms with Gasteiger partial charge in [0, 0.05) is 9.79 Å². The van der Waals surface area contributed by atoms with E-state index in [9.17, 15) is 4.79 Å². The van der Waals surface area contributed by atoms with E-state index in [2.05, 4.69) is 27.6 Å². The maximum atomic E-state index is 12.3. The Morgan fingerprint density at radius 3 is 2.52 bits per heavy atom. The normalized spacial score (nSPS) is 10.6. The fraction of sp³-hybridized carbons (Fsp3) is 0.118. The number of benzene rings is 2. The Balaban J connectivity index is 1.61. The Bertz CT molecular complexity index is 839. The number of thioether (sulfide) groups is 2. The van der Waals surface area contributed by atoms with Crippen molar-refractivity contribution in [2.24, 2.45) is 0 Å². The van der Waals surface area contributed by atoms with Crippen molar-refractivity contribution in [1.82, 2.24) is 10.2 Å². The molecule has 25 heavy (non-hydrogen) atoms. The highest BCUT2D eigenvalue weighted by molar-refractivity contribution is 8.03. The van der Waals surface area contributed by atoms with Gasteiger partial charge in [0.2, 0.25) is 5.91 Å². The third-order valence-electron chi connectivity index (χ3n) is 3.02. The van der Waals surface area contributed by atoms with Crippen LogP contribution in [0.1, 0.15) is 0 Å². The molecule has 1 amide bonds. The van der Waals surface area contributed by atoms with E-state index >= 15 is 0 Å². The zero-order chi connectivity index (χ0) is 17.5. The fourth-order valence-corrected chi connectivity index (χ4v) is 5.09. The lowest BCUT2D eigenvalue weighted by molar-refractivity contribution is -0.113. The summed E-state index contributed by atoms with van der Waals surface area (Å²) in [6.07, 6.45) is 1.96. The van der Waals surface area contributed by atoms with Crippen LogP contribution in [-0.2, 0) is 4.79 Å². The minimum atomic E-state index is -0.0491. The lowest BCUT2D eigenvalue weighted by Gasteiger charge is -2.10. The second-order valence-electron chi connectivity index (χ2n) is 4.79. The highest BCUT2D eigenvalue weighted by Gasteiger charge is 2.10. The summed E-state index contributed by atoms with van der Waals surface area (Å²) in [6, 6.07) is 17.9. The minimum Gasteiger partial charge on any atom is -0.324 e. The third-order valence-corrected chi connectivity index (χ3v) is 7.14. The van der Waals surface area contributed by atoms with Crippen molar-refractivity contribution >= 4 is 58.2 Å². The van der Waals surface area contributed by atoms with E-state index in [1.807, 2.05) is 48.7 Å². The molecule has 0 aliphatic heterocycles. The minimum absolute atomic E-state index is 0.0491. The number of hydrogen-bond acceptors (Lipinski definition) is 7. The Morgan fingerprint density at radius 1 is 1.04 bits per heavy atom. The van der Waals surface area contributed by atoms with Crippen molar-refractivity contribution in [1.29, 1.82) is 0 Å². The first-order valence-electron chi connectivity index (χ1n) is 7.36. The smallest absolute Gasteiger partial charge is 0.234 e. The summed E-state index contributed by atoms with van der Waals surface area (Å²) >= 11 is 6.10. The lowest BCUT2D eigenvalue weighted by atomic mass is 10.3. The fourth-order valence-electron chi connectivity index (χ4n) is 1.93. The van der Waals surface area contributed by atoms with Gasteiger partial charge in [-0.2, -0.15) is 0 Å². The van der Waals surface area contributed by atoms with Crippen molar-refractivity contribution < 1.29 is 4.79 Å². The average Bonchev–Trinajstić information content (AvgIpc) is 3.11. The number of carbonyl (C=O) groups excluding carboxylic acids is 1. The van der Waals surface area contributed by atoms with Gasteiger partial charge in [-0.15, -0.1) is 10.2 Å². The Morgan fingerprint density at radius 2 is 1.76 bits per heavy atom. The van der Waals surface area contributed by atoms with Crippen LogP contribution in [0.2, 0.25) is 0 Å². The lowest BCUT2D eigenvalue weighted by Crippen LogP contribution is -2.14. The molecule has 3 aromatic rings. The van der Waals surface area contributed by atoms with Gasteiger partial charge >= 0.3 is 0 Å². The molecule has 0 saturated heterocycles. The van der Waals surface area contributed by atoms with Crippen molar-refractivity contribution in [2.45, 2.75) is 18.5 Å². The van der Waals surface area contributed by atoms with Gasteiger partial charge in [-0.25, -0.2) is 0 Å². The molecule has 1 heterocycles. The summed E-state index contributed by atoms with van der Waals surface area (Å²) in [4.78, 5) is 14.4. The molecule has 0 aliphatic carbocycles. The summed E-state index contributed by atoms with van der Waals surface area (Å²) in [5, 5.41) is 11.1. The van der Waals surface area contributed by atoms with E-state index in [1.54, 1.807) is 23.5 Å². The van der Waals surface area contributed by atoms with Gasteiger partial charge in [0.1, 0.15) is 0 Å². The summed E-state index contributed by atoms with van der Waals surface area (Å²) < 4.78 is 1.72. The largest absolute Gasteiger partial charge is 0.324 e. The maximum absolute atomic E-state index is 12.3. The van der Waals surface area contributed by atoms with Gasteiger partial charge < -0.3 is 5.32 Å². The Hall–Kier alpha value is -1.48. The molecule has 2 aromatic carbocycles. The molecule has 3 rings (SSSR count). The molecule has 128 valence electrons. The highest BCUT2D eigenvalue weighted by Crippen LogP contribution is 2.33. The van der Waals surface area contributed by atoms with Crippen molar-refractivity contribution in [3.63, 3.8) is 0 Å². The van der Waals surface area contributed by atoms with E-state index in [4.69, 9.17) is 0 Å². The maximum Gasteiger partial charge on any atom is 0.234 e. The van der Waals surface area contributed by atoms with Crippen LogP contribution in [0.5, 0.6) is 0 Å². The summed E-state index contributed by atoms with van der Waals surface area (Å²) in [5.41, 5.74) is 0.823. The van der Waals surface area contributed by atoms with Crippen LogP contribution in [0.15, 0.2) is 73.1 Å². The van der Waals surface area contributed by atoms with Crippen LogP contribution in [0.4, 0.5) is 5.69 Å². The standard InChI is InChI=1S/C17H15N3OS4/c1-22-16-19-20-17(25-16)23-11-15(21)18-13-9-5-6-10-14(13)24-12-7-3-2-4-8-12/h2-10H,11H2,1H3,(H,18,21). The van der Waals surface area contributed by atoms with Crippen molar-refractivity contribution in [3.8, 4) is 0 Å². The molecule has 4 nitrogen and oxygen atoms in total. The zero-order valence-corrected chi connectivity index (χ0v) is 16.6. The quantitative estimate of drug-likeness (QED) is 0.549. The zero-order valence-electron chi connectivity index (χ0n) is 13.3. The van der Waals surface area contributed by atoms with Gasteiger partial charge in [-0.1, -0.05) is 77.0 Å². The van der Waals surface area contributed by atoms with E-state index in [1.165, 1.54) is 23.1 Å². The number of aromatic nitrogens is 2. The van der Waals surface area contributed by atoms with Crippen LogP contribution in [-0.4, -0.2) is 28.1 Å². The molecule has 0 fully saturated rings. The molecular formula is C17H15N3OS4. The molecule has 0 radical (unpaired) electrons. The van der Waals surface area contributed by atoms with Gasteiger partial charge in [0.05, 0.1) is 11.4 Å². The molecule has 8 heteroatoms. The van der Waals surface area contributed by atoms with E-state index in [0.29, 0.717) is 5.75 Å². The van der Waals surface area contributed by atoms with Gasteiger partial charge in [-0.3, -0.25) is 4.79 Å². The number of nitrogens with one attached hydrogen (secondary N) is 1. The van der Waals surface area contributed by atoms with Gasteiger partial charge in [0.15, 0.2) is 8.68 Å². The van der Waals surface area contributed by atoms with Crippen LogP contribution in [0.3, 0.4) is 0 Å². The molecule has 0 spiro atoms. The Kier molecular flexibility index (Phi) is 6.80. The molecular weight excluding hydrogens is 390 g/mol. The molecule has 0 saturated carbocycles. The summed E-state index contributed by atoms with van der Waals surface area (Å²) in [5.74, 6) is 0.264. The molecule has 1 aromatic heterocycles. The Labute approximate surface area is 163 Å². The van der Waals surface area contributed by atoms with Gasteiger partial charge in [0.25, 0.3) is 0 Å². The molecule has 0 aliphatic rings. The monoisotopic (exact) mass is 405 g/mol. The second kappa shape index (κ2) is 9.28. The number of amides is 1. The SMILES string of the molecule is CSc1nnc(SCC(=O)Nc2ccccc2Sc2ccccc2)s1. The van der Waals surface area contributed by atoms with Crippen molar-refractivity contribution in [2.75, 3.05) is 17.3 Å². The number of carbonyl (C=O) groups is 1. The van der Waals surface area contributed by atoms with Crippen LogP contribution in [0, 0.1) is 0 Å². The van der Waals surface area contributed by atoms with Crippen molar-refractivity contribution in [3.05, 3.63) is 54.6 Å². The third kappa shape index (κ3) is 5.50. The van der Waals surface area contributed by atoms with E-state index < -0.39 is 0 Å². The predicted molar refractivity (Wildman–Crippen MR) is 108 cm³/mol. The number of para-hydroxylation sites is 1.